The third-order valence-electron chi connectivity index (χ3n) is 2.66. The Labute approximate surface area is 94.3 Å². The van der Waals surface area contributed by atoms with Crippen LogP contribution in [0.25, 0.3) is 0 Å². The molecule has 0 amide bonds. The number of nitrogens with one attached hydrogen (secondary N) is 1. The average Bonchev–Trinajstić information content (AvgIpc) is 2.57. The van der Waals surface area contributed by atoms with E-state index in [0.717, 1.165) is 4.57 Å². The minimum atomic E-state index is -4.64. The van der Waals surface area contributed by atoms with Crippen LogP contribution in [0.15, 0.2) is 0 Å². The van der Waals surface area contributed by atoms with Gasteiger partial charge in [0.25, 0.3) is 0 Å². The number of nitrogens with zero attached hydrogens (tertiary/aromatic N) is 2. The molecular weight excluding hydrogens is 239 g/mol. The van der Waals surface area contributed by atoms with Crippen LogP contribution in [-0.2, 0) is 12.7 Å². The Morgan fingerprint density at radius 1 is 1.59 bits per heavy atom. The summed E-state index contributed by atoms with van der Waals surface area (Å²) in [6.07, 6.45) is -4.64. The van der Waals surface area contributed by atoms with Crippen molar-refractivity contribution in [3.63, 3.8) is 0 Å². The number of halogens is 3. The molecule has 1 unspecified atom stereocenters. The highest BCUT2D eigenvalue weighted by Gasteiger charge is 2.41. The van der Waals surface area contributed by atoms with E-state index in [2.05, 4.69) is 10.3 Å². The van der Waals surface area contributed by atoms with Gasteiger partial charge >= 0.3 is 12.1 Å². The van der Waals surface area contributed by atoms with Gasteiger partial charge in [-0.05, 0) is 6.92 Å². The van der Waals surface area contributed by atoms with Crippen molar-refractivity contribution >= 4 is 5.97 Å². The highest BCUT2D eigenvalue weighted by Crippen LogP contribution is 2.33. The Bertz CT molecular complexity index is 467. The van der Waals surface area contributed by atoms with Gasteiger partial charge in [0.2, 0.25) is 5.82 Å². The van der Waals surface area contributed by atoms with E-state index < -0.39 is 29.7 Å². The second kappa shape index (κ2) is 3.73. The number of hydrogen-bond acceptors (Lipinski definition) is 3. The molecule has 8 heteroatoms. The van der Waals surface area contributed by atoms with Crippen LogP contribution in [0.4, 0.5) is 13.2 Å². The molecule has 0 fully saturated rings. The molecule has 0 aliphatic carbocycles. The van der Waals surface area contributed by atoms with Crippen LogP contribution in [0.1, 0.15) is 35.0 Å². The molecule has 1 aromatic heterocycles. The summed E-state index contributed by atoms with van der Waals surface area (Å²) in [7, 11) is 0. The van der Waals surface area contributed by atoms with E-state index in [0.29, 0.717) is 6.54 Å². The van der Waals surface area contributed by atoms with Crippen molar-refractivity contribution in [1.29, 1.82) is 0 Å². The number of fused-ring (bicyclic) bond motifs is 1. The van der Waals surface area contributed by atoms with Crippen LogP contribution in [-0.4, -0.2) is 27.2 Å². The molecule has 1 aliphatic rings. The largest absolute Gasteiger partial charge is 0.476 e. The fraction of sp³-hybridized carbons (Fsp3) is 0.556. The Balaban J connectivity index is 2.65. The second-order valence-electron chi connectivity index (χ2n) is 3.80. The molecule has 0 saturated carbocycles. The summed E-state index contributed by atoms with van der Waals surface area (Å²) < 4.78 is 39.0. The van der Waals surface area contributed by atoms with Gasteiger partial charge in [-0.2, -0.15) is 13.2 Å². The molecule has 5 nitrogen and oxygen atoms in total. The molecule has 0 radical (unpaired) electrons. The third-order valence-corrected chi connectivity index (χ3v) is 2.66. The lowest BCUT2D eigenvalue weighted by atomic mass is 10.1. The lowest BCUT2D eigenvalue weighted by Gasteiger charge is -2.24. The number of rotatable bonds is 1. The van der Waals surface area contributed by atoms with Gasteiger partial charge in [0.1, 0.15) is 0 Å². The molecule has 0 aromatic carbocycles. The van der Waals surface area contributed by atoms with Gasteiger partial charge in [0.05, 0.1) is 5.69 Å². The van der Waals surface area contributed by atoms with Crippen LogP contribution in [0.3, 0.4) is 0 Å². The molecule has 1 aromatic rings. The Morgan fingerprint density at radius 2 is 2.24 bits per heavy atom. The number of alkyl halides is 3. The van der Waals surface area contributed by atoms with Crippen molar-refractivity contribution in [1.82, 2.24) is 14.9 Å². The highest BCUT2D eigenvalue weighted by molar-refractivity contribution is 5.87. The molecular formula is C9H10F3N3O2. The minimum absolute atomic E-state index is 0.0643. The zero-order valence-corrected chi connectivity index (χ0v) is 8.88. The maximum absolute atomic E-state index is 12.7. The minimum Gasteiger partial charge on any atom is -0.476 e. The number of carbonyl (C=O) groups is 1. The summed E-state index contributed by atoms with van der Waals surface area (Å²) in [5, 5.41) is 11.8. The molecule has 2 rings (SSSR count). The first-order chi connectivity index (χ1) is 7.82. The maximum Gasteiger partial charge on any atom is 0.449 e. The summed E-state index contributed by atoms with van der Waals surface area (Å²) in [5.41, 5.74) is -0.451. The average molecular weight is 249 g/mol. The zero-order valence-electron chi connectivity index (χ0n) is 8.88. The van der Waals surface area contributed by atoms with Gasteiger partial charge in [-0.25, -0.2) is 9.78 Å². The molecule has 2 heterocycles. The summed E-state index contributed by atoms with van der Waals surface area (Å²) in [5.74, 6) is -2.59. The normalized spacial score (nSPS) is 20.1. The van der Waals surface area contributed by atoms with E-state index in [1.54, 1.807) is 6.92 Å². The third kappa shape index (κ3) is 1.88. The Hall–Kier alpha value is -1.57. The van der Waals surface area contributed by atoms with Crippen LogP contribution < -0.4 is 5.32 Å². The van der Waals surface area contributed by atoms with Crippen molar-refractivity contribution in [2.75, 3.05) is 6.54 Å². The second-order valence-corrected chi connectivity index (χ2v) is 3.80. The van der Waals surface area contributed by atoms with Crippen molar-refractivity contribution in [3.8, 4) is 0 Å². The Kier molecular flexibility index (Phi) is 2.61. The molecule has 0 spiro atoms. The molecule has 1 aliphatic heterocycles. The van der Waals surface area contributed by atoms with Crippen LogP contribution in [0.5, 0.6) is 0 Å². The summed E-state index contributed by atoms with van der Waals surface area (Å²) in [6, 6.07) is -0.460. The van der Waals surface area contributed by atoms with E-state index in [1.807, 2.05) is 0 Å². The van der Waals surface area contributed by atoms with E-state index >= 15 is 0 Å². The molecule has 17 heavy (non-hydrogen) atoms. The molecule has 0 saturated heterocycles. The maximum atomic E-state index is 12.7. The molecule has 1 atom stereocenters. The number of carboxylic acids is 1. The van der Waals surface area contributed by atoms with E-state index in [4.69, 9.17) is 5.11 Å². The van der Waals surface area contributed by atoms with Crippen molar-refractivity contribution in [2.24, 2.45) is 0 Å². The van der Waals surface area contributed by atoms with Crippen molar-refractivity contribution < 1.29 is 23.1 Å². The lowest BCUT2D eigenvalue weighted by molar-refractivity contribution is -0.147. The quantitative estimate of drug-likeness (QED) is 0.786. The van der Waals surface area contributed by atoms with E-state index in [1.165, 1.54) is 0 Å². The predicted octanol–water partition coefficient (Wildman–Crippen LogP) is 1.26. The zero-order chi connectivity index (χ0) is 12.8. The monoisotopic (exact) mass is 249 g/mol. The van der Waals surface area contributed by atoms with Gasteiger partial charge in [0, 0.05) is 19.1 Å². The van der Waals surface area contributed by atoms with Gasteiger partial charge in [-0.3, -0.25) is 0 Å². The summed E-state index contributed by atoms with van der Waals surface area (Å²) >= 11 is 0. The van der Waals surface area contributed by atoms with Gasteiger partial charge in [-0.15, -0.1) is 0 Å². The number of imidazole rings is 1. The van der Waals surface area contributed by atoms with E-state index in [9.17, 15) is 18.0 Å². The predicted molar refractivity (Wildman–Crippen MR) is 50.6 cm³/mol. The van der Waals surface area contributed by atoms with E-state index in [-0.39, 0.29) is 12.2 Å². The first kappa shape index (κ1) is 11.9. The van der Waals surface area contributed by atoms with Crippen molar-refractivity contribution in [2.45, 2.75) is 25.7 Å². The van der Waals surface area contributed by atoms with Gasteiger partial charge in [-0.1, -0.05) is 0 Å². The standard InChI is InChI=1S/C9H10F3N3O2/c1-4-6-5(7(16)17)14-8(9(10,11)12)15(6)3-2-13-4/h4,13H,2-3H2,1H3,(H,16,17). The Morgan fingerprint density at radius 3 is 2.76 bits per heavy atom. The fourth-order valence-electron chi connectivity index (χ4n) is 1.99. The SMILES string of the molecule is CC1NCCn2c(C(F)(F)F)nc(C(=O)O)c21. The number of aromatic carboxylic acids is 1. The van der Waals surface area contributed by atoms with Gasteiger partial charge in [0.15, 0.2) is 5.69 Å². The van der Waals surface area contributed by atoms with Crippen molar-refractivity contribution in [3.05, 3.63) is 17.2 Å². The molecule has 94 valence electrons. The van der Waals surface area contributed by atoms with Gasteiger partial charge < -0.3 is 15.0 Å². The number of hydrogen-bond donors (Lipinski definition) is 2. The smallest absolute Gasteiger partial charge is 0.449 e. The molecule has 0 bridgehead atoms. The summed E-state index contributed by atoms with van der Waals surface area (Å²) in [4.78, 5) is 14.1. The highest BCUT2D eigenvalue weighted by atomic mass is 19.4. The van der Waals surface area contributed by atoms with Crippen LogP contribution in [0.2, 0.25) is 0 Å². The summed E-state index contributed by atoms with van der Waals surface area (Å²) in [6.45, 7) is 2.03. The van der Waals surface area contributed by atoms with Crippen LogP contribution >= 0.6 is 0 Å². The fourth-order valence-corrected chi connectivity index (χ4v) is 1.99. The first-order valence-corrected chi connectivity index (χ1v) is 4.96. The number of aromatic nitrogens is 2. The topological polar surface area (TPSA) is 67.2 Å². The first-order valence-electron chi connectivity index (χ1n) is 4.96. The molecule has 2 N–H and O–H groups in total. The lowest BCUT2D eigenvalue weighted by Crippen LogP contribution is -2.34. The van der Waals surface area contributed by atoms with Crippen LogP contribution in [0, 0.1) is 0 Å². The number of carboxylic acid groups (broad SMARTS) is 1.